The van der Waals surface area contributed by atoms with Crippen LogP contribution >= 0.6 is 0 Å². The molecule has 2 aromatic rings. The number of carbonyl (C=O) groups is 1. The maximum absolute atomic E-state index is 12.6. The van der Waals surface area contributed by atoms with Crippen LogP contribution in [-0.4, -0.2) is 45.1 Å². The predicted octanol–water partition coefficient (Wildman–Crippen LogP) is 4.43. The molecule has 0 bridgehead atoms. The lowest BCUT2D eigenvalue weighted by atomic mass is 9.84. The molecule has 0 spiro atoms. The highest BCUT2D eigenvalue weighted by Gasteiger charge is 2.41. The average molecular weight is 457 g/mol. The van der Waals surface area contributed by atoms with E-state index in [1.807, 2.05) is 18.3 Å². The fourth-order valence-corrected chi connectivity index (χ4v) is 5.08. The van der Waals surface area contributed by atoms with Crippen LogP contribution in [0, 0.1) is 5.92 Å². The molecule has 3 unspecified atom stereocenters. The maximum atomic E-state index is 12.6. The van der Waals surface area contributed by atoms with Crippen molar-refractivity contribution < 1.29 is 19.4 Å². The minimum atomic E-state index is -3.40. The van der Waals surface area contributed by atoms with Gasteiger partial charge in [-0.2, -0.15) is 0 Å². The monoisotopic (exact) mass is 456 g/mol. The van der Waals surface area contributed by atoms with Gasteiger partial charge in [0.2, 0.25) is 5.91 Å². The van der Waals surface area contributed by atoms with Gasteiger partial charge in [0.05, 0.1) is 10.9 Å². The lowest BCUT2D eigenvalue weighted by Gasteiger charge is -2.32. The van der Waals surface area contributed by atoms with Crippen LogP contribution in [0.1, 0.15) is 45.2 Å². The molecular weight excluding hydrogens is 424 g/mol. The Morgan fingerprint density at radius 2 is 1.94 bits per heavy atom. The minimum Gasteiger partial charge on any atom is -0.457 e. The third kappa shape index (κ3) is 4.32. The number of carbonyl (C=O) groups excluding carboxylic acids is 1. The molecule has 32 heavy (non-hydrogen) atoms. The van der Waals surface area contributed by atoms with Gasteiger partial charge in [-0.05, 0) is 66.8 Å². The molecule has 1 fully saturated rings. The van der Waals surface area contributed by atoms with Crippen molar-refractivity contribution in [3.63, 3.8) is 0 Å². The second-order valence-electron chi connectivity index (χ2n) is 8.77. The smallest absolute Gasteiger partial charge is 0.244 e. The fraction of sp³-hybridized carbons (Fsp3) is 0.400. The van der Waals surface area contributed by atoms with Gasteiger partial charge in [-0.1, -0.05) is 26.0 Å². The third-order valence-electron chi connectivity index (χ3n) is 6.55. The molecule has 0 saturated carbocycles. The molecule has 6 nitrogen and oxygen atoms in total. The Labute approximate surface area is 191 Å². The van der Waals surface area contributed by atoms with Gasteiger partial charge < -0.3 is 15.0 Å². The summed E-state index contributed by atoms with van der Waals surface area (Å²) in [7, 11) is -1.67. The molecule has 0 aliphatic carbocycles. The number of nitrogens with zero attached hydrogens (tertiary/aromatic N) is 1. The number of benzene rings is 2. The highest BCUT2D eigenvalue weighted by atomic mass is 32.2. The molecule has 0 aromatic heterocycles. The SMILES string of the molecule is CCC(C)c1ccc(Oc2ccc(S(C)(=O)=O)cc2C2=CN(C)C(=O)C3NCCC23)cc1.[HH]. The van der Waals surface area contributed by atoms with Gasteiger partial charge in [-0.3, -0.25) is 4.79 Å². The van der Waals surface area contributed by atoms with Crippen molar-refractivity contribution >= 4 is 21.3 Å². The number of hydrogen-bond donors (Lipinski definition) is 1. The van der Waals surface area contributed by atoms with Crippen molar-refractivity contribution in [2.45, 2.75) is 43.5 Å². The molecule has 2 aliphatic rings. The number of fused-ring (bicyclic) bond motifs is 1. The summed E-state index contributed by atoms with van der Waals surface area (Å²) in [6.07, 6.45) is 4.89. The number of amides is 1. The van der Waals surface area contributed by atoms with Crippen molar-refractivity contribution in [1.29, 1.82) is 0 Å². The first-order chi connectivity index (χ1) is 15.2. The van der Waals surface area contributed by atoms with Crippen molar-refractivity contribution in [3.05, 3.63) is 59.8 Å². The molecule has 2 aliphatic heterocycles. The number of likely N-dealkylation sites (N-methyl/N-ethyl adjacent to an activating group) is 1. The van der Waals surface area contributed by atoms with Gasteiger partial charge in [0, 0.05) is 32.4 Å². The minimum absolute atomic E-state index is 0. The van der Waals surface area contributed by atoms with Gasteiger partial charge in [0.15, 0.2) is 9.84 Å². The second-order valence-corrected chi connectivity index (χ2v) is 10.8. The van der Waals surface area contributed by atoms with E-state index >= 15 is 0 Å². The van der Waals surface area contributed by atoms with Crippen LogP contribution in [-0.2, 0) is 14.6 Å². The summed E-state index contributed by atoms with van der Waals surface area (Å²) < 4.78 is 30.8. The highest BCUT2D eigenvalue weighted by molar-refractivity contribution is 7.90. The van der Waals surface area contributed by atoms with E-state index < -0.39 is 9.84 Å². The first kappa shape index (κ1) is 22.6. The van der Waals surface area contributed by atoms with E-state index in [1.165, 1.54) is 11.8 Å². The summed E-state index contributed by atoms with van der Waals surface area (Å²) in [4.78, 5) is 14.4. The van der Waals surface area contributed by atoms with Gasteiger partial charge in [-0.15, -0.1) is 0 Å². The van der Waals surface area contributed by atoms with Crippen LogP contribution in [0.2, 0.25) is 0 Å². The van der Waals surface area contributed by atoms with Crippen LogP contribution < -0.4 is 10.1 Å². The number of rotatable bonds is 6. The normalized spacial score (nSPS) is 21.8. The molecule has 0 radical (unpaired) electrons. The summed E-state index contributed by atoms with van der Waals surface area (Å²) in [5, 5.41) is 3.28. The van der Waals surface area contributed by atoms with E-state index in [0.29, 0.717) is 23.0 Å². The zero-order chi connectivity index (χ0) is 23.0. The zero-order valence-electron chi connectivity index (χ0n) is 19.0. The molecule has 3 atom stereocenters. The van der Waals surface area contributed by atoms with Crippen LogP contribution in [0.25, 0.3) is 5.57 Å². The van der Waals surface area contributed by atoms with Gasteiger partial charge >= 0.3 is 0 Å². The molecule has 172 valence electrons. The number of hydrogen-bond acceptors (Lipinski definition) is 5. The molecule has 2 aromatic carbocycles. The summed E-state index contributed by atoms with van der Waals surface area (Å²) in [5.74, 6) is 1.74. The summed E-state index contributed by atoms with van der Waals surface area (Å²) in [5.41, 5.74) is 2.87. The topological polar surface area (TPSA) is 75.7 Å². The van der Waals surface area contributed by atoms with E-state index in [4.69, 9.17) is 4.74 Å². The van der Waals surface area contributed by atoms with Crippen LogP contribution in [0.5, 0.6) is 11.5 Å². The number of sulfone groups is 1. The Bertz CT molecular complexity index is 1160. The van der Waals surface area contributed by atoms with E-state index in [2.05, 4.69) is 31.3 Å². The van der Waals surface area contributed by atoms with Crippen molar-refractivity contribution in [2.24, 2.45) is 5.92 Å². The van der Waals surface area contributed by atoms with E-state index in [0.717, 1.165) is 25.0 Å². The van der Waals surface area contributed by atoms with Gasteiger partial charge in [0.25, 0.3) is 0 Å². The van der Waals surface area contributed by atoms with Gasteiger partial charge in [0.1, 0.15) is 11.5 Å². The van der Waals surface area contributed by atoms with Crippen LogP contribution in [0.15, 0.2) is 53.6 Å². The highest BCUT2D eigenvalue weighted by Crippen LogP contribution is 2.42. The molecule has 1 saturated heterocycles. The quantitative estimate of drug-likeness (QED) is 0.696. The summed E-state index contributed by atoms with van der Waals surface area (Å²) in [6, 6.07) is 12.7. The van der Waals surface area contributed by atoms with E-state index in [9.17, 15) is 13.2 Å². The zero-order valence-corrected chi connectivity index (χ0v) is 19.8. The Morgan fingerprint density at radius 3 is 2.59 bits per heavy atom. The largest absolute Gasteiger partial charge is 0.457 e. The lowest BCUT2D eigenvalue weighted by Crippen LogP contribution is -2.46. The predicted molar refractivity (Wildman–Crippen MR) is 128 cm³/mol. The molecule has 4 rings (SSSR count). The first-order valence-electron chi connectivity index (χ1n) is 11.0. The average Bonchev–Trinajstić information content (AvgIpc) is 3.26. The number of nitrogens with one attached hydrogen (secondary N) is 1. The Kier molecular flexibility index (Phi) is 6.14. The maximum Gasteiger partial charge on any atom is 0.244 e. The molecule has 7 heteroatoms. The number of ether oxygens (including phenoxy) is 1. The van der Waals surface area contributed by atoms with E-state index in [-0.39, 0.29) is 24.2 Å². The van der Waals surface area contributed by atoms with Gasteiger partial charge in [-0.25, -0.2) is 8.42 Å². The first-order valence-corrected chi connectivity index (χ1v) is 12.9. The van der Waals surface area contributed by atoms with Crippen molar-refractivity contribution in [2.75, 3.05) is 19.8 Å². The van der Waals surface area contributed by atoms with Crippen molar-refractivity contribution in [3.8, 4) is 11.5 Å². The third-order valence-corrected chi connectivity index (χ3v) is 7.66. The molecule has 2 heterocycles. The van der Waals surface area contributed by atoms with Crippen LogP contribution in [0.4, 0.5) is 0 Å². The van der Waals surface area contributed by atoms with Crippen molar-refractivity contribution in [1.82, 2.24) is 10.2 Å². The summed E-state index contributed by atoms with van der Waals surface area (Å²) in [6.45, 7) is 5.10. The Balaban J connectivity index is 0.00000306. The standard InChI is InChI=1S/C25H30N2O4S.H2/c1-5-16(2)17-6-8-18(9-7-17)31-23-11-10-19(32(4,29)30)14-21(23)22-15-27(3)25(28)24-20(22)12-13-26-24;/h6-11,14-16,20,24,26H,5,12-13H2,1-4H3;1H. The van der Waals surface area contributed by atoms with E-state index in [1.54, 1.807) is 30.1 Å². The summed E-state index contributed by atoms with van der Waals surface area (Å²) >= 11 is 0. The molecule has 1 N–H and O–H groups in total. The second kappa shape index (κ2) is 8.71. The Morgan fingerprint density at radius 1 is 1.22 bits per heavy atom. The Hall–Kier alpha value is -2.64. The molecular formula is C25H32N2O4S. The fourth-order valence-electron chi connectivity index (χ4n) is 4.44. The lowest BCUT2D eigenvalue weighted by molar-refractivity contribution is -0.130. The molecule has 1 amide bonds. The van der Waals surface area contributed by atoms with Crippen LogP contribution in [0.3, 0.4) is 0 Å².